The molecule has 0 aliphatic heterocycles. The molecule has 0 radical (unpaired) electrons. The Balaban J connectivity index is 0.000000280. The van der Waals surface area contributed by atoms with Crippen molar-refractivity contribution in [3.63, 3.8) is 0 Å². The average molecular weight is 217 g/mol. The van der Waals surface area contributed by atoms with Crippen molar-refractivity contribution in [2.24, 2.45) is 0 Å². The number of esters is 1. The number of carboxylic acids is 1. The summed E-state index contributed by atoms with van der Waals surface area (Å²) in [5, 5.41) is 9.94. The van der Waals surface area contributed by atoms with Crippen molar-refractivity contribution in [2.75, 3.05) is 6.61 Å². The first kappa shape index (κ1) is 12.6. The Morgan fingerprint density at radius 3 is 2.57 bits per heavy atom. The average Bonchev–Trinajstić information content (AvgIpc) is 2.59. The molecule has 0 saturated carbocycles. The minimum absolute atomic E-state index is 0.228. The third-order valence-corrected chi connectivity index (χ3v) is 1.47. The first-order valence-electron chi connectivity index (χ1n) is 3.86. The number of hydrogen-bond acceptors (Lipinski definition) is 5. The van der Waals surface area contributed by atoms with Crippen LogP contribution in [0.4, 0.5) is 0 Å². The van der Waals surface area contributed by atoms with Crippen molar-refractivity contribution in [1.82, 2.24) is 4.98 Å². The Morgan fingerprint density at radius 2 is 2.29 bits per heavy atom. The van der Waals surface area contributed by atoms with Crippen LogP contribution >= 0.6 is 11.3 Å². The van der Waals surface area contributed by atoms with Crippen LogP contribution in [-0.4, -0.2) is 28.6 Å². The van der Waals surface area contributed by atoms with Crippen LogP contribution in [0.25, 0.3) is 0 Å². The lowest BCUT2D eigenvalue weighted by Crippen LogP contribution is -2.09. The molecule has 0 aliphatic rings. The molecule has 0 spiro atoms. The van der Waals surface area contributed by atoms with Crippen molar-refractivity contribution in [3.8, 4) is 0 Å². The van der Waals surface area contributed by atoms with E-state index in [-0.39, 0.29) is 6.61 Å². The lowest BCUT2D eigenvalue weighted by atomic mass is 10.4. The summed E-state index contributed by atoms with van der Waals surface area (Å²) in [6.07, 6.45) is 1.22. The fourth-order valence-corrected chi connectivity index (χ4v) is 0.863. The summed E-state index contributed by atoms with van der Waals surface area (Å²) in [5.41, 5.74) is 1.79. The highest BCUT2D eigenvalue weighted by molar-refractivity contribution is 7.07. The van der Waals surface area contributed by atoms with Crippen LogP contribution in [0, 0.1) is 0 Å². The van der Waals surface area contributed by atoms with E-state index in [1.807, 2.05) is 5.38 Å². The lowest BCUT2D eigenvalue weighted by Gasteiger charge is -1.95. The number of rotatable bonds is 3. The molecule has 1 rings (SSSR count). The zero-order valence-electron chi connectivity index (χ0n) is 7.67. The highest BCUT2D eigenvalue weighted by Gasteiger charge is 2.06. The highest BCUT2D eigenvalue weighted by atomic mass is 32.1. The smallest absolute Gasteiger partial charge is 0.317 e. The summed E-state index contributed by atoms with van der Waals surface area (Å²) in [5.74, 6) is -1.85. The van der Waals surface area contributed by atoms with Gasteiger partial charge in [0.15, 0.2) is 0 Å². The van der Waals surface area contributed by atoms with Gasteiger partial charge in [0.1, 0.15) is 6.42 Å². The molecule has 6 heteroatoms. The fraction of sp³-hybridized carbons (Fsp3) is 0.375. The maximum atomic E-state index is 10.3. The van der Waals surface area contributed by atoms with E-state index in [0.717, 1.165) is 0 Å². The molecule has 1 aromatic heterocycles. The molecule has 0 saturated heterocycles. The summed E-state index contributed by atoms with van der Waals surface area (Å²) in [4.78, 5) is 23.8. The zero-order valence-corrected chi connectivity index (χ0v) is 8.49. The Kier molecular flexibility index (Phi) is 7.35. The van der Waals surface area contributed by atoms with E-state index >= 15 is 0 Å². The van der Waals surface area contributed by atoms with Crippen LogP contribution in [0.3, 0.4) is 0 Å². The lowest BCUT2D eigenvalue weighted by molar-refractivity contribution is -0.150. The molecular formula is C8H11NO4S. The molecule has 0 atom stereocenters. The minimum Gasteiger partial charge on any atom is -0.481 e. The molecule has 0 bridgehead atoms. The van der Waals surface area contributed by atoms with Crippen LogP contribution in [0.1, 0.15) is 13.3 Å². The number of nitrogens with zero attached hydrogens (tertiary/aromatic N) is 1. The number of carboxylic acid groups (broad SMARTS) is 1. The topological polar surface area (TPSA) is 76.5 Å². The van der Waals surface area contributed by atoms with Gasteiger partial charge in [0, 0.05) is 11.6 Å². The Hall–Kier alpha value is -1.43. The van der Waals surface area contributed by atoms with Gasteiger partial charge < -0.3 is 9.84 Å². The van der Waals surface area contributed by atoms with Gasteiger partial charge in [-0.15, -0.1) is 11.3 Å². The van der Waals surface area contributed by atoms with Gasteiger partial charge in [0.2, 0.25) is 0 Å². The van der Waals surface area contributed by atoms with E-state index in [4.69, 9.17) is 5.11 Å². The van der Waals surface area contributed by atoms with Gasteiger partial charge in [0.05, 0.1) is 12.1 Å². The maximum absolute atomic E-state index is 10.3. The van der Waals surface area contributed by atoms with Crippen LogP contribution in [0.2, 0.25) is 0 Å². The maximum Gasteiger partial charge on any atom is 0.317 e. The zero-order chi connectivity index (χ0) is 10.8. The Bertz CT molecular complexity index is 243. The molecule has 0 aliphatic carbocycles. The summed E-state index contributed by atoms with van der Waals surface area (Å²) < 4.78 is 4.33. The molecule has 0 aromatic carbocycles. The van der Waals surface area contributed by atoms with Crippen LogP contribution in [-0.2, 0) is 14.3 Å². The van der Waals surface area contributed by atoms with E-state index in [9.17, 15) is 9.59 Å². The quantitative estimate of drug-likeness (QED) is 0.607. The molecule has 1 N–H and O–H groups in total. The van der Waals surface area contributed by atoms with Gasteiger partial charge in [-0.25, -0.2) is 0 Å². The largest absolute Gasteiger partial charge is 0.481 e. The summed E-state index contributed by atoms with van der Waals surface area (Å²) in [6.45, 7) is 1.85. The van der Waals surface area contributed by atoms with Crippen molar-refractivity contribution in [1.29, 1.82) is 0 Å². The van der Waals surface area contributed by atoms with Crippen molar-refractivity contribution in [3.05, 3.63) is 17.1 Å². The third-order valence-electron chi connectivity index (χ3n) is 0.948. The standard InChI is InChI=1S/C5H8O4.C3H3NS/c1-2-9-5(8)3-4(6)7;1-2-5-3-4-1/h2-3H2,1H3,(H,6,7);1-3H. The molecule has 1 aromatic rings. The highest BCUT2D eigenvalue weighted by Crippen LogP contribution is 1.86. The van der Waals surface area contributed by atoms with Gasteiger partial charge in [0.25, 0.3) is 0 Å². The number of aliphatic carboxylic acids is 1. The van der Waals surface area contributed by atoms with Gasteiger partial charge in [-0.05, 0) is 6.92 Å². The second-order valence-electron chi connectivity index (χ2n) is 2.05. The van der Waals surface area contributed by atoms with Crippen LogP contribution in [0.5, 0.6) is 0 Å². The molecule has 5 nitrogen and oxygen atoms in total. The number of hydrogen-bond donors (Lipinski definition) is 1. The first-order chi connectivity index (χ1) is 6.66. The van der Waals surface area contributed by atoms with Crippen molar-refractivity contribution in [2.45, 2.75) is 13.3 Å². The number of aromatic nitrogens is 1. The molecule has 1 heterocycles. The van der Waals surface area contributed by atoms with Gasteiger partial charge in [-0.3, -0.25) is 14.6 Å². The number of thiazole rings is 1. The third kappa shape index (κ3) is 8.66. The number of carbonyl (C=O) groups excluding carboxylic acids is 1. The predicted octanol–water partition coefficient (Wildman–Crippen LogP) is 1.17. The van der Waals surface area contributed by atoms with E-state index in [0.29, 0.717) is 0 Å². The second kappa shape index (κ2) is 8.18. The van der Waals surface area contributed by atoms with Crippen LogP contribution < -0.4 is 0 Å². The predicted molar refractivity (Wildman–Crippen MR) is 51.0 cm³/mol. The van der Waals surface area contributed by atoms with Crippen molar-refractivity contribution < 1.29 is 19.4 Å². The summed E-state index contributed by atoms with van der Waals surface area (Å²) >= 11 is 1.60. The van der Waals surface area contributed by atoms with Crippen molar-refractivity contribution >= 4 is 23.3 Å². The van der Waals surface area contributed by atoms with E-state index in [2.05, 4.69) is 9.72 Å². The Labute approximate surface area is 85.4 Å². The molecular weight excluding hydrogens is 206 g/mol. The van der Waals surface area contributed by atoms with E-state index in [1.54, 1.807) is 30.0 Å². The molecule has 0 fully saturated rings. The van der Waals surface area contributed by atoms with Gasteiger partial charge in [-0.2, -0.15) is 0 Å². The minimum atomic E-state index is -1.16. The number of ether oxygens (including phenoxy) is 1. The monoisotopic (exact) mass is 217 g/mol. The Morgan fingerprint density at radius 1 is 1.57 bits per heavy atom. The fourth-order valence-electron chi connectivity index (χ4n) is 0.511. The SMILES string of the molecule is CCOC(=O)CC(=O)O.c1cscn1. The van der Waals surface area contributed by atoms with E-state index in [1.165, 1.54) is 0 Å². The first-order valence-corrected chi connectivity index (χ1v) is 4.80. The normalized spacial score (nSPS) is 8.36. The van der Waals surface area contributed by atoms with E-state index < -0.39 is 18.4 Å². The summed E-state index contributed by atoms with van der Waals surface area (Å²) in [6, 6.07) is 0. The molecule has 78 valence electrons. The van der Waals surface area contributed by atoms with Gasteiger partial charge in [-0.1, -0.05) is 0 Å². The van der Waals surface area contributed by atoms with Crippen LogP contribution in [0.15, 0.2) is 17.1 Å². The van der Waals surface area contributed by atoms with Gasteiger partial charge >= 0.3 is 11.9 Å². The summed E-state index contributed by atoms with van der Waals surface area (Å²) in [7, 11) is 0. The second-order valence-corrected chi connectivity index (χ2v) is 2.81. The number of carbonyl (C=O) groups is 2. The molecule has 0 amide bonds. The molecule has 14 heavy (non-hydrogen) atoms. The molecule has 0 unspecified atom stereocenters.